The fourth-order valence-corrected chi connectivity index (χ4v) is 3.42. The highest BCUT2D eigenvalue weighted by Gasteiger charge is 2.43. The van der Waals surface area contributed by atoms with Crippen molar-refractivity contribution in [3.63, 3.8) is 0 Å². The van der Waals surface area contributed by atoms with Gasteiger partial charge in [0, 0.05) is 16.3 Å². The van der Waals surface area contributed by atoms with Crippen molar-refractivity contribution in [1.29, 1.82) is 0 Å². The summed E-state index contributed by atoms with van der Waals surface area (Å²) < 4.78 is 0. The molecule has 3 heteroatoms. The SMILES string of the molecule is CNC(c1cccs1)C1(CN)CCC1. The number of nitrogens with two attached hydrogens (primary N) is 1. The van der Waals surface area contributed by atoms with Crippen LogP contribution in [-0.4, -0.2) is 13.6 Å². The molecule has 0 spiro atoms. The summed E-state index contributed by atoms with van der Waals surface area (Å²) in [6, 6.07) is 4.79. The van der Waals surface area contributed by atoms with Crippen LogP contribution in [0.5, 0.6) is 0 Å². The predicted octanol–water partition coefficient (Wildman–Crippen LogP) is 2.14. The minimum atomic E-state index is 0.333. The first kappa shape index (κ1) is 10.1. The van der Waals surface area contributed by atoms with Crippen molar-refractivity contribution in [2.45, 2.75) is 25.3 Å². The van der Waals surface area contributed by atoms with E-state index in [4.69, 9.17) is 5.73 Å². The summed E-state index contributed by atoms with van der Waals surface area (Å²) in [6.45, 7) is 0.802. The topological polar surface area (TPSA) is 38.0 Å². The summed E-state index contributed by atoms with van der Waals surface area (Å²) in [6.07, 6.45) is 3.88. The lowest BCUT2D eigenvalue weighted by Crippen LogP contribution is -2.46. The van der Waals surface area contributed by atoms with Crippen LogP contribution in [0, 0.1) is 5.41 Å². The smallest absolute Gasteiger partial charge is 0.0481 e. The highest BCUT2D eigenvalue weighted by Crippen LogP contribution is 2.50. The van der Waals surface area contributed by atoms with Crippen LogP contribution in [0.3, 0.4) is 0 Å². The van der Waals surface area contributed by atoms with Gasteiger partial charge in [0.05, 0.1) is 0 Å². The van der Waals surface area contributed by atoms with Gasteiger partial charge in [-0.1, -0.05) is 12.5 Å². The second kappa shape index (κ2) is 4.01. The van der Waals surface area contributed by atoms with Crippen LogP contribution in [0.2, 0.25) is 0 Å². The molecule has 1 aromatic heterocycles. The molecular formula is C11H18N2S. The van der Waals surface area contributed by atoms with Gasteiger partial charge in [0.15, 0.2) is 0 Å². The van der Waals surface area contributed by atoms with Crippen molar-refractivity contribution in [3.05, 3.63) is 22.4 Å². The van der Waals surface area contributed by atoms with Crippen LogP contribution < -0.4 is 11.1 Å². The number of rotatable bonds is 4. The molecular weight excluding hydrogens is 192 g/mol. The molecule has 1 unspecified atom stereocenters. The van der Waals surface area contributed by atoms with E-state index in [9.17, 15) is 0 Å². The average molecular weight is 210 g/mol. The van der Waals surface area contributed by atoms with E-state index in [1.807, 2.05) is 18.4 Å². The Morgan fingerprint density at radius 1 is 1.64 bits per heavy atom. The van der Waals surface area contributed by atoms with Gasteiger partial charge in [0.2, 0.25) is 0 Å². The molecule has 14 heavy (non-hydrogen) atoms. The highest BCUT2D eigenvalue weighted by molar-refractivity contribution is 7.10. The van der Waals surface area contributed by atoms with Gasteiger partial charge >= 0.3 is 0 Å². The summed E-state index contributed by atoms with van der Waals surface area (Å²) >= 11 is 1.83. The molecule has 0 bridgehead atoms. The fourth-order valence-electron chi connectivity index (χ4n) is 2.45. The van der Waals surface area contributed by atoms with Gasteiger partial charge in [-0.2, -0.15) is 0 Å². The lowest BCUT2D eigenvalue weighted by Gasteiger charge is -2.46. The Hall–Kier alpha value is -0.380. The van der Waals surface area contributed by atoms with Gasteiger partial charge in [0.25, 0.3) is 0 Å². The molecule has 1 aliphatic carbocycles. The molecule has 1 aromatic rings. The van der Waals surface area contributed by atoms with Gasteiger partial charge in [-0.05, 0) is 37.9 Å². The second-order valence-corrected chi connectivity index (χ2v) is 5.14. The summed E-state index contributed by atoms with van der Waals surface area (Å²) in [5.74, 6) is 0. The van der Waals surface area contributed by atoms with Crippen molar-refractivity contribution < 1.29 is 0 Å². The van der Waals surface area contributed by atoms with Crippen LogP contribution >= 0.6 is 11.3 Å². The number of hydrogen-bond acceptors (Lipinski definition) is 3. The number of nitrogens with one attached hydrogen (secondary N) is 1. The van der Waals surface area contributed by atoms with Gasteiger partial charge < -0.3 is 11.1 Å². The number of thiophene rings is 1. The van der Waals surface area contributed by atoms with Crippen molar-refractivity contribution in [2.75, 3.05) is 13.6 Å². The predicted molar refractivity (Wildman–Crippen MR) is 61.5 cm³/mol. The van der Waals surface area contributed by atoms with E-state index in [1.54, 1.807) is 0 Å². The molecule has 1 saturated carbocycles. The van der Waals surface area contributed by atoms with Crippen LogP contribution in [0.1, 0.15) is 30.2 Å². The quantitative estimate of drug-likeness (QED) is 0.799. The third-order valence-corrected chi connectivity index (χ3v) is 4.42. The Morgan fingerprint density at radius 3 is 2.79 bits per heavy atom. The van der Waals surface area contributed by atoms with Gasteiger partial charge in [0.1, 0.15) is 0 Å². The first-order valence-electron chi connectivity index (χ1n) is 5.23. The standard InChI is InChI=1S/C11H18N2S/c1-13-10(9-4-2-7-14-9)11(8-12)5-3-6-11/h2,4,7,10,13H,3,5-6,8,12H2,1H3. The second-order valence-electron chi connectivity index (χ2n) is 4.16. The Balaban J connectivity index is 2.20. The Labute approximate surface area is 89.5 Å². The fraction of sp³-hybridized carbons (Fsp3) is 0.636. The Morgan fingerprint density at radius 2 is 2.43 bits per heavy atom. The molecule has 1 fully saturated rings. The third kappa shape index (κ3) is 1.49. The normalized spacial score (nSPS) is 21.6. The van der Waals surface area contributed by atoms with Crippen molar-refractivity contribution in [3.8, 4) is 0 Å². The van der Waals surface area contributed by atoms with E-state index >= 15 is 0 Å². The molecule has 1 atom stereocenters. The maximum Gasteiger partial charge on any atom is 0.0481 e. The zero-order chi connectivity index (χ0) is 10.0. The van der Waals surface area contributed by atoms with Crippen molar-refractivity contribution in [1.82, 2.24) is 5.32 Å². The molecule has 2 nitrogen and oxygen atoms in total. The molecule has 1 heterocycles. The summed E-state index contributed by atoms with van der Waals surface area (Å²) in [5.41, 5.74) is 6.25. The molecule has 0 radical (unpaired) electrons. The monoisotopic (exact) mass is 210 g/mol. The molecule has 0 amide bonds. The summed E-state index contributed by atoms with van der Waals surface area (Å²) in [5, 5.41) is 5.57. The van der Waals surface area contributed by atoms with Crippen LogP contribution in [0.25, 0.3) is 0 Å². The Bertz CT molecular complexity index is 272. The van der Waals surface area contributed by atoms with E-state index in [0.717, 1.165) is 6.54 Å². The van der Waals surface area contributed by atoms with Gasteiger partial charge in [-0.25, -0.2) is 0 Å². The van der Waals surface area contributed by atoms with Crippen LogP contribution in [0.4, 0.5) is 0 Å². The molecule has 2 rings (SSSR count). The maximum atomic E-state index is 5.92. The molecule has 3 N–H and O–H groups in total. The zero-order valence-corrected chi connectivity index (χ0v) is 9.44. The third-order valence-electron chi connectivity index (χ3n) is 3.48. The molecule has 78 valence electrons. The van der Waals surface area contributed by atoms with Crippen LogP contribution in [0.15, 0.2) is 17.5 Å². The van der Waals surface area contributed by atoms with E-state index in [-0.39, 0.29) is 0 Å². The largest absolute Gasteiger partial charge is 0.330 e. The average Bonchev–Trinajstić information content (AvgIpc) is 2.63. The van der Waals surface area contributed by atoms with Crippen molar-refractivity contribution >= 4 is 11.3 Å². The van der Waals surface area contributed by atoms with Gasteiger partial charge in [-0.15, -0.1) is 11.3 Å². The van der Waals surface area contributed by atoms with E-state index in [0.29, 0.717) is 11.5 Å². The first-order valence-corrected chi connectivity index (χ1v) is 6.11. The highest BCUT2D eigenvalue weighted by atomic mass is 32.1. The maximum absolute atomic E-state index is 5.92. The lowest BCUT2D eigenvalue weighted by molar-refractivity contribution is 0.0897. The summed E-state index contributed by atoms with van der Waals surface area (Å²) in [7, 11) is 2.04. The van der Waals surface area contributed by atoms with E-state index < -0.39 is 0 Å². The van der Waals surface area contributed by atoms with E-state index in [1.165, 1.54) is 24.1 Å². The molecule has 0 aliphatic heterocycles. The molecule has 0 saturated heterocycles. The zero-order valence-electron chi connectivity index (χ0n) is 8.62. The minimum Gasteiger partial charge on any atom is -0.330 e. The van der Waals surface area contributed by atoms with E-state index in [2.05, 4.69) is 22.8 Å². The van der Waals surface area contributed by atoms with Crippen LogP contribution in [-0.2, 0) is 0 Å². The number of hydrogen-bond donors (Lipinski definition) is 2. The summed E-state index contributed by atoms with van der Waals surface area (Å²) in [4.78, 5) is 1.43. The minimum absolute atomic E-state index is 0.333. The first-order chi connectivity index (χ1) is 6.82. The molecule has 0 aromatic carbocycles. The van der Waals surface area contributed by atoms with Gasteiger partial charge in [-0.3, -0.25) is 0 Å². The Kier molecular flexibility index (Phi) is 2.91. The lowest BCUT2D eigenvalue weighted by atomic mass is 9.63. The molecule has 1 aliphatic rings. The van der Waals surface area contributed by atoms with Crippen molar-refractivity contribution in [2.24, 2.45) is 11.1 Å².